The zero-order chi connectivity index (χ0) is 24.7. The van der Waals surface area contributed by atoms with E-state index in [4.69, 9.17) is 9.15 Å². The summed E-state index contributed by atoms with van der Waals surface area (Å²) in [7, 11) is 0. The van der Waals surface area contributed by atoms with E-state index in [1.54, 1.807) is 48.5 Å². The van der Waals surface area contributed by atoms with E-state index in [-0.39, 0.29) is 28.1 Å². The number of anilines is 1. The zero-order valence-corrected chi connectivity index (χ0v) is 19.2. The molecule has 176 valence electrons. The van der Waals surface area contributed by atoms with Gasteiger partial charge in [0.05, 0.1) is 23.6 Å². The summed E-state index contributed by atoms with van der Waals surface area (Å²) in [5, 5.41) is 0.0636. The fraction of sp³-hybridized carbons (Fsp3) is 0.179. The number of Topliss-reactive ketones (excluding diaryl/α,β-unsaturated/α-hetero) is 1. The topological polar surface area (TPSA) is 76.8 Å². The molecule has 5 rings (SSSR count). The molecule has 0 saturated heterocycles. The first-order valence-electron chi connectivity index (χ1n) is 11.3. The number of fused-ring (bicyclic) bond motifs is 2. The molecule has 1 aliphatic heterocycles. The Bertz CT molecular complexity index is 1520. The van der Waals surface area contributed by atoms with Gasteiger partial charge in [-0.1, -0.05) is 19.1 Å². The monoisotopic (exact) mass is 471 g/mol. The lowest BCUT2D eigenvalue weighted by Crippen LogP contribution is -2.29. The molecule has 0 spiro atoms. The van der Waals surface area contributed by atoms with Crippen LogP contribution in [0, 0.1) is 5.82 Å². The summed E-state index contributed by atoms with van der Waals surface area (Å²) in [6.07, 6.45) is 0.824. The van der Waals surface area contributed by atoms with Crippen LogP contribution in [0.15, 0.2) is 75.9 Å². The first kappa shape index (κ1) is 22.5. The summed E-state index contributed by atoms with van der Waals surface area (Å²) in [6.45, 7) is 3.98. The van der Waals surface area contributed by atoms with Crippen LogP contribution in [0.2, 0.25) is 0 Å². The summed E-state index contributed by atoms with van der Waals surface area (Å²) < 4.78 is 25.6. The smallest absolute Gasteiger partial charge is 0.295 e. The molecule has 2 heterocycles. The minimum atomic E-state index is -0.824. The molecule has 0 radical (unpaired) electrons. The second-order valence-electron chi connectivity index (χ2n) is 8.42. The highest BCUT2D eigenvalue weighted by Crippen LogP contribution is 2.42. The SMILES string of the molecule is CCCOc1cccc(C2c3c(oc4ccc(F)cc4c3=O)C(=O)N2c2ccc(C(C)=O)cc2)c1. The number of rotatable bonds is 6. The van der Waals surface area contributed by atoms with Crippen molar-refractivity contribution in [3.8, 4) is 5.75 Å². The maximum atomic E-state index is 14.0. The maximum absolute atomic E-state index is 14.0. The molecular weight excluding hydrogens is 449 g/mol. The van der Waals surface area contributed by atoms with E-state index in [0.717, 1.165) is 12.5 Å². The van der Waals surface area contributed by atoms with Crippen molar-refractivity contribution in [3.05, 3.63) is 105 Å². The molecule has 0 aliphatic carbocycles. The van der Waals surface area contributed by atoms with Gasteiger partial charge in [-0.3, -0.25) is 19.3 Å². The highest BCUT2D eigenvalue weighted by molar-refractivity contribution is 6.11. The fourth-order valence-corrected chi connectivity index (χ4v) is 4.38. The Hall–Kier alpha value is -4.26. The van der Waals surface area contributed by atoms with Crippen molar-refractivity contribution < 1.29 is 23.1 Å². The molecule has 1 amide bonds. The lowest BCUT2D eigenvalue weighted by Gasteiger charge is -2.25. The second-order valence-corrected chi connectivity index (χ2v) is 8.42. The van der Waals surface area contributed by atoms with Crippen LogP contribution >= 0.6 is 0 Å². The van der Waals surface area contributed by atoms with Gasteiger partial charge in [0.25, 0.3) is 5.91 Å². The molecule has 1 aliphatic rings. The first-order valence-corrected chi connectivity index (χ1v) is 11.3. The maximum Gasteiger partial charge on any atom is 0.295 e. The molecule has 7 heteroatoms. The van der Waals surface area contributed by atoms with Crippen LogP contribution in [-0.4, -0.2) is 18.3 Å². The van der Waals surface area contributed by atoms with Gasteiger partial charge in [-0.2, -0.15) is 0 Å². The van der Waals surface area contributed by atoms with Crippen LogP contribution in [-0.2, 0) is 0 Å². The van der Waals surface area contributed by atoms with Crippen LogP contribution < -0.4 is 15.1 Å². The number of hydrogen-bond donors (Lipinski definition) is 0. The number of carbonyl (C=O) groups is 2. The van der Waals surface area contributed by atoms with Gasteiger partial charge in [0.2, 0.25) is 5.76 Å². The van der Waals surface area contributed by atoms with E-state index in [2.05, 4.69) is 0 Å². The molecule has 3 aromatic carbocycles. The van der Waals surface area contributed by atoms with Crippen LogP contribution in [0.3, 0.4) is 0 Å². The molecule has 4 aromatic rings. The Balaban J connectivity index is 1.74. The Labute approximate surface area is 200 Å². The zero-order valence-electron chi connectivity index (χ0n) is 19.2. The van der Waals surface area contributed by atoms with Crippen molar-refractivity contribution in [3.63, 3.8) is 0 Å². The van der Waals surface area contributed by atoms with Gasteiger partial charge in [0, 0.05) is 11.3 Å². The second kappa shape index (κ2) is 8.83. The van der Waals surface area contributed by atoms with Gasteiger partial charge < -0.3 is 9.15 Å². The molecule has 0 N–H and O–H groups in total. The molecular formula is C28H22FNO5. The largest absolute Gasteiger partial charge is 0.494 e. The average molecular weight is 471 g/mol. The molecule has 6 nitrogen and oxygen atoms in total. The van der Waals surface area contributed by atoms with Crippen molar-refractivity contribution in [2.45, 2.75) is 26.3 Å². The number of halogens is 1. The fourth-order valence-electron chi connectivity index (χ4n) is 4.38. The summed E-state index contributed by atoms with van der Waals surface area (Å²) in [4.78, 5) is 40.5. The number of ketones is 1. The summed E-state index contributed by atoms with van der Waals surface area (Å²) in [5.41, 5.74) is 1.43. The van der Waals surface area contributed by atoms with Crippen molar-refractivity contribution in [2.75, 3.05) is 11.5 Å². The lowest BCUT2D eigenvalue weighted by atomic mass is 9.98. The molecule has 0 fully saturated rings. The third-order valence-electron chi connectivity index (χ3n) is 6.03. The molecule has 0 saturated carbocycles. The summed E-state index contributed by atoms with van der Waals surface area (Å²) in [5.74, 6) is -0.654. The Morgan fingerprint density at radius 2 is 1.83 bits per heavy atom. The normalized spacial score (nSPS) is 14.9. The minimum absolute atomic E-state index is 0.0636. The van der Waals surface area contributed by atoms with Gasteiger partial charge in [0.1, 0.15) is 17.1 Å². The highest BCUT2D eigenvalue weighted by atomic mass is 19.1. The number of hydrogen-bond acceptors (Lipinski definition) is 5. The predicted molar refractivity (Wildman–Crippen MR) is 130 cm³/mol. The quantitative estimate of drug-likeness (QED) is 0.339. The predicted octanol–water partition coefficient (Wildman–Crippen LogP) is 5.67. The van der Waals surface area contributed by atoms with Crippen molar-refractivity contribution in [2.24, 2.45) is 0 Å². The number of amides is 1. The number of ether oxygens (including phenoxy) is 1. The van der Waals surface area contributed by atoms with Crippen molar-refractivity contribution in [1.29, 1.82) is 0 Å². The Morgan fingerprint density at radius 3 is 2.54 bits per heavy atom. The molecule has 0 bridgehead atoms. The van der Waals surface area contributed by atoms with Gasteiger partial charge in [0.15, 0.2) is 11.2 Å². The first-order chi connectivity index (χ1) is 16.9. The summed E-state index contributed by atoms with van der Waals surface area (Å²) in [6, 6.07) is 16.6. The van der Waals surface area contributed by atoms with Crippen molar-refractivity contribution in [1.82, 2.24) is 0 Å². The van der Waals surface area contributed by atoms with E-state index in [9.17, 15) is 18.8 Å². The number of nitrogens with zero attached hydrogens (tertiary/aromatic N) is 1. The highest BCUT2D eigenvalue weighted by Gasteiger charge is 2.43. The minimum Gasteiger partial charge on any atom is -0.494 e. The van der Waals surface area contributed by atoms with Gasteiger partial charge in [-0.15, -0.1) is 0 Å². The Morgan fingerprint density at radius 1 is 1.06 bits per heavy atom. The molecule has 1 atom stereocenters. The molecule has 1 aromatic heterocycles. The van der Waals surface area contributed by atoms with E-state index < -0.39 is 23.2 Å². The average Bonchev–Trinajstić information content (AvgIpc) is 3.16. The Kier molecular flexibility index (Phi) is 5.68. The van der Waals surface area contributed by atoms with Crippen LogP contribution in [0.1, 0.15) is 58.3 Å². The molecule has 1 unspecified atom stereocenters. The lowest BCUT2D eigenvalue weighted by molar-refractivity contribution is 0.0970. The number of benzene rings is 3. The third-order valence-corrected chi connectivity index (χ3v) is 6.03. The van der Waals surface area contributed by atoms with E-state index in [0.29, 0.717) is 29.2 Å². The van der Waals surface area contributed by atoms with Gasteiger partial charge >= 0.3 is 0 Å². The molecule has 35 heavy (non-hydrogen) atoms. The van der Waals surface area contributed by atoms with E-state index in [1.807, 2.05) is 6.92 Å². The van der Waals surface area contributed by atoms with Gasteiger partial charge in [-0.25, -0.2) is 4.39 Å². The van der Waals surface area contributed by atoms with E-state index >= 15 is 0 Å². The number of carbonyl (C=O) groups excluding carboxylic acids is 2. The van der Waals surface area contributed by atoms with Crippen LogP contribution in [0.4, 0.5) is 10.1 Å². The third kappa shape index (κ3) is 3.89. The van der Waals surface area contributed by atoms with Crippen LogP contribution in [0.5, 0.6) is 5.75 Å². The van der Waals surface area contributed by atoms with E-state index in [1.165, 1.54) is 24.0 Å². The van der Waals surface area contributed by atoms with Gasteiger partial charge in [-0.05, 0) is 73.5 Å². The standard InChI is InChI=1S/C28H22FNO5/c1-3-13-34-21-6-4-5-18(14-21)25-24-26(32)22-15-19(29)9-12-23(22)35-27(24)28(33)30(25)20-10-7-17(8-11-20)16(2)31/h4-12,14-15,25H,3,13H2,1-2H3. The summed E-state index contributed by atoms with van der Waals surface area (Å²) >= 11 is 0. The van der Waals surface area contributed by atoms with Crippen LogP contribution in [0.25, 0.3) is 11.0 Å². The van der Waals surface area contributed by atoms with Crippen molar-refractivity contribution >= 4 is 28.3 Å².